The van der Waals surface area contributed by atoms with Gasteiger partial charge in [0.25, 0.3) is 5.24 Å². The SMILES string of the molecule is O=C(CN1CCSC1=O)NCC(c1ccco1)N1CCCCC1. The van der Waals surface area contributed by atoms with Gasteiger partial charge in [-0.1, -0.05) is 18.2 Å². The van der Waals surface area contributed by atoms with Crippen LogP contribution in [0.4, 0.5) is 4.79 Å². The van der Waals surface area contributed by atoms with Crippen LogP contribution in [0.3, 0.4) is 0 Å². The van der Waals surface area contributed by atoms with Crippen LogP contribution in [0.25, 0.3) is 0 Å². The molecule has 1 aromatic heterocycles. The van der Waals surface area contributed by atoms with Gasteiger partial charge in [0, 0.05) is 18.8 Å². The van der Waals surface area contributed by atoms with Crippen LogP contribution in [0.2, 0.25) is 0 Å². The smallest absolute Gasteiger partial charge is 0.282 e. The minimum Gasteiger partial charge on any atom is -0.468 e. The summed E-state index contributed by atoms with van der Waals surface area (Å²) in [4.78, 5) is 27.7. The molecule has 0 aromatic carbocycles. The first kappa shape index (κ1) is 16.4. The summed E-state index contributed by atoms with van der Waals surface area (Å²) in [6.07, 6.45) is 5.31. The summed E-state index contributed by atoms with van der Waals surface area (Å²) in [5.74, 6) is 1.56. The van der Waals surface area contributed by atoms with E-state index in [0.29, 0.717) is 13.1 Å². The molecule has 126 valence electrons. The van der Waals surface area contributed by atoms with Gasteiger partial charge in [0.05, 0.1) is 12.3 Å². The molecular weight excluding hydrogens is 314 g/mol. The highest BCUT2D eigenvalue weighted by Crippen LogP contribution is 2.24. The number of likely N-dealkylation sites (tertiary alicyclic amines) is 1. The number of nitrogens with one attached hydrogen (secondary N) is 1. The zero-order valence-electron chi connectivity index (χ0n) is 13.2. The molecule has 3 heterocycles. The molecule has 1 aromatic rings. The second-order valence-electron chi connectivity index (χ2n) is 5.97. The number of thioether (sulfide) groups is 1. The summed E-state index contributed by atoms with van der Waals surface area (Å²) in [5.41, 5.74) is 0. The van der Waals surface area contributed by atoms with E-state index in [1.807, 2.05) is 12.1 Å². The lowest BCUT2D eigenvalue weighted by molar-refractivity contribution is -0.121. The van der Waals surface area contributed by atoms with Crippen LogP contribution in [0.15, 0.2) is 22.8 Å². The molecule has 0 saturated carbocycles. The lowest BCUT2D eigenvalue weighted by Gasteiger charge is -2.33. The lowest BCUT2D eigenvalue weighted by atomic mass is 10.1. The van der Waals surface area contributed by atoms with E-state index >= 15 is 0 Å². The van der Waals surface area contributed by atoms with Crippen LogP contribution in [0, 0.1) is 0 Å². The molecule has 6 nitrogen and oxygen atoms in total. The molecule has 7 heteroatoms. The zero-order chi connectivity index (χ0) is 16.1. The average Bonchev–Trinajstić information content (AvgIpc) is 3.22. The Morgan fingerprint density at radius 3 is 2.78 bits per heavy atom. The molecule has 2 aliphatic rings. The molecule has 1 N–H and O–H groups in total. The average molecular weight is 337 g/mol. The number of carbonyl (C=O) groups excluding carboxylic acids is 2. The lowest BCUT2D eigenvalue weighted by Crippen LogP contribution is -2.43. The molecular formula is C16H23N3O3S. The van der Waals surface area contributed by atoms with Crippen molar-refractivity contribution < 1.29 is 14.0 Å². The van der Waals surface area contributed by atoms with Crippen LogP contribution >= 0.6 is 11.8 Å². The van der Waals surface area contributed by atoms with Crippen molar-refractivity contribution in [2.45, 2.75) is 25.3 Å². The van der Waals surface area contributed by atoms with Gasteiger partial charge < -0.3 is 14.6 Å². The zero-order valence-corrected chi connectivity index (χ0v) is 14.0. The standard InChI is InChI=1S/C16H23N3O3S/c20-15(12-19-8-10-23-16(19)21)17-11-13(14-5-4-9-22-14)18-6-2-1-3-7-18/h4-5,9,13H,1-3,6-8,10-12H2,(H,17,20). The number of nitrogens with zero attached hydrogens (tertiary/aromatic N) is 2. The predicted molar refractivity (Wildman–Crippen MR) is 89.3 cm³/mol. The third-order valence-electron chi connectivity index (χ3n) is 4.38. The second-order valence-corrected chi connectivity index (χ2v) is 7.01. The molecule has 2 saturated heterocycles. The van der Waals surface area contributed by atoms with Crippen LogP contribution in [-0.2, 0) is 4.79 Å². The highest BCUT2D eigenvalue weighted by Gasteiger charge is 2.26. The van der Waals surface area contributed by atoms with E-state index in [0.717, 1.165) is 24.6 Å². The normalized spacial score (nSPS) is 20.7. The molecule has 0 radical (unpaired) electrons. The number of hydrogen-bond donors (Lipinski definition) is 1. The maximum absolute atomic E-state index is 12.1. The van der Waals surface area contributed by atoms with Gasteiger partial charge in [-0.15, -0.1) is 0 Å². The Morgan fingerprint density at radius 1 is 1.30 bits per heavy atom. The largest absolute Gasteiger partial charge is 0.468 e. The number of amides is 2. The second kappa shape index (κ2) is 7.88. The summed E-state index contributed by atoms with van der Waals surface area (Å²) in [7, 11) is 0. The maximum Gasteiger partial charge on any atom is 0.282 e. The summed E-state index contributed by atoms with van der Waals surface area (Å²) in [6.45, 7) is 3.38. The van der Waals surface area contributed by atoms with Crippen molar-refractivity contribution >= 4 is 22.9 Å². The number of hydrogen-bond acceptors (Lipinski definition) is 5. The molecule has 2 amide bonds. The van der Waals surface area contributed by atoms with Crippen molar-refractivity contribution in [1.29, 1.82) is 0 Å². The molecule has 1 atom stereocenters. The monoisotopic (exact) mass is 337 g/mol. The van der Waals surface area contributed by atoms with E-state index < -0.39 is 0 Å². The van der Waals surface area contributed by atoms with E-state index in [2.05, 4.69) is 10.2 Å². The predicted octanol–water partition coefficient (Wildman–Crippen LogP) is 2.09. The first-order chi connectivity index (χ1) is 11.2. The van der Waals surface area contributed by atoms with E-state index in [4.69, 9.17) is 4.42 Å². The van der Waals surface area contributed by atoms with Crippen molar-refractivity contribution in [3.8, 4) is 0 Å². The number of piperidine rings is 1. The fourth-order valence-electron chi connectivity index (χ4n) is 3.13. The minimum absolute atomic E-state index is 0.00114. The van der Waals surface area contributed by atoms with Crippen molar-refractivity contribution in [3.05, 3.63) is 24.2 Å². The minimum atomic E-state index is -0.102. The Morgan fingerprint density at radius 2 is 2.13 bits per heavy atom. The Balaban J connectivity index is 1.55. The van der Waals surface area contributed by atoms with Gasteiger partial charge >= 0.3 is 0 Å². The van der Waals surface area contributed by atoms with Crippen LogP contribution in [0.1, 0.15) is 31.1 Å². The van der Waals surface area contributed by atoms with Gasteiger partial charge in [-0.05, 0) is 38.1 Å². The van der Waals surface area contributed by atoms with E-state index in [1.54, 1.807) is 11.2 Å². The Bertz CT molecular complexity index is 529. The van der Waals surface area contributed by atoms with Gasteiger partial charge in [0.1, 0.15) is 12.3 Å². The first-order valence-corrected chi connectivity index (χ1v) is 9.18. The van der Waals surface area contributed by atoms with E-state index in [-0.39, 0.29) is 23.7 Å². The van der Waals surface area contributed by atoms with Crippen molar-refractivity contribution in [1.82, 2.24) is 15.1 Å². The molecule has 2 aliphatic heterocycles. The number of furan rings is 1. The first-order valence-electron chi connectivity index (χ1n) is 8.20. The topological polar surface area (TPSA) is 65.8 Å². The molecule has 1 unspecified atom stereocenters. The third kappa shape index (κ3) is 4.29. The Hall–Kier alpha value is -1.47. The molecule has 2 fully saturated rings. The third-order valence-corrected chi connectivity index (χ3v) is 5.27. The molecule has 23 heavy (non-hydrogen) atoms. The quantitative estimate of drug-likeness (QED) is 0.861. The maximum atomic E-state index is 12.1. The molecule has 0 aliphatic carbocycles. The summed E-state index contributed by atoms with van der Waals surface area (Å²) in [5, 5.41) is 2.97. The Kier molecular flexibility index (Phi) is 5.61. The fourth-order valence-corrected chi connectivity index (χ4v) is 3.95. The van der Waals surface area contributed by atoms with E-state index in [1.165, 1.54) is 31.0 Å². The summed E-state index contributed by atoms with van der Waals surface area (Å²) >= 11 is 1.28. The number of carbonyl (C=O) groups is 2. The molecule has 0 bridgehead atoms. The molecule has 3 rings (SSSR count). The van der Waals surface area contributed by atoms with Gasteiger partial charge in [0.15, 0.2) is 0 Å². The van der Waals surface area contributed by atoms with Gasteiger partial charge in [-0.2, -0.15) is 0 Å². The Labute approximate surface area is 140 Å². The van der Waals surface area contributed by atoms with Gasteiger partial charge in [-0.3, -0.25) is 14.5 Å². The fraction of sp³-hybridized carbons (Fsp3) is 0.625. The van der Waals surface area contributed by atoms with Crippen molar-refractivity contribution in [2.75, 3.05) is 38.5 Å². The number of rotatable bonds is 6. The van der Waals surface area contributed by atoms with Crippen molar-refractivity contribution in [2.24, 2.45) is 0 Å². The van der Waals surface area contributed by atoms with Crippen LogP contribution < -0.4 is 5.32 Å². The van der Waals surface area contributed by atoms with Crippen molar-refractivity contribution in [3.63, 3.8) is 0 Å². The molecule has 0 spiro atoms. The van der Waals surface area contributed by atoms with Crippen LogP contribution in [0.5, 0.6) is 0 Å². The van der Waals surface area contributed by atoms with Crippen LogP contribution in [-0.4, -0.2) is 59.4 Å². The summed E-state index contributed by atoms with van der Waals surface area (Å²) < 4.78 is 5.57. The van der Waals surface area contributed by atoms with Gasteiger partial charge in [0.2, 0.25) is 5.91 Å². The van der Waals surface area contributed by atoms with Gasteiger partial charge in [-0.25, -0.2) is 0 Å². The highest BCUT2D eigenvalue weighted by molar-refractivity contribution is 8.13. The highest BCUT2D eigenvalue weighted by atomic mass is 32.2. The summed E-state index contributed by atoms with van der Waals surface area (Å²) in [6, 6.07) is 3.92. The van der Waals surface area contributed by atoms with E-state index in [9.17, 15) is 9.59 Å².